The van der Waals surface area contributed by atoms with E-state index in [0.717, 1.165) is 25.8 Å². The van der Waals surface area contributed by atoms with Gasteiger partial charge in [0.15, 0.2) is 0 Å². The Labute approximate surface area is 191 Å². The Hall–Kier alpha value is -2.65. The number of carbonyl (C=O) groups is 2. The maximum atomic E-state index is 15.2. The van der Waals surface area contributed by atoms with Crippen LogP contribution in [0, 0.1) is 5.82 Å². The van der Waals surface area contributed by atoms with Gasteiger partial charge in [-0.15, -0.1) is 11.3 Å². The molecule has 7 nitrogen and oxygen atoms in total. The van der Waals surface area contributed by atoms with E-state index in [-0.39, 0.29) is 37.0 Å². The molecule has 0 radical (unpaired) electrons. The van der Waals surface area contributed by atoms with E-state index in [1.807, 2.05) is 6.07 Å². The molecule has 0 bridgehead atoms. The smallest absolute Gasteiger partial charge is 0.414 e. The fourth-order valence-corrected chi connectivity index (χ4v) is 5.04. The number of nitrogens with one attached hydrogen (secondary N) is 2. The normalized spacial score (nSPS) is 22.0. The van der Waals surface area contributed by atoms with E-state index in [1.54, 1.807) is 23.5 Å². The van der Waals surface area contributed by atoms with Gasteiger partial charge in [0, 0.05) is 24.4 Å². The predicted molar refractivity (Wildman–Crippen MR) is 124 cm³/mol. The van der Waals surface area contributed by atoms with Gasteiger partial charge in [-0.3, -0.25) is 15.0 Å². The Balaban J connectivity index is 1.47. The van der Waals surface area contributed by atoms with Gasteiger partial charge in [-0.25, -0.2) is 9.18 Å². The van der Waals surface area contributed by atoms with Crippen molar-refractivity contribution in [3.05, 3.63) is 46.4 Å². The summed E-state index contributed by atoms with van der Waals surface area (Å²) in [6, 6.07) is 9.23. The molecule has 0 aliphatic carbocycles. The highest BCUT2D eigenvalue weighted by atomic mass is 32.1. The number of carbonyl (C=O) groups excluding carboxylic acids is 2. The number of rotatable bonds is 7. The van der Waals surface area contributed by atoms with E-state index >= 15 is 4.39 Å². The van der Waals surface area contributed by atoms with Crippen molar-refractivity contribution in [3.63, 3.8) is 0 Å². The van der Waals surface area contributed by atoms with Crippen LogP contribution in [0.5, 0.6) is 0 Å². The van der Waals surface area contributed by atoms with Gasteiger partial charge < -0.3 is 15.0 Å². The van der Waals surface area contributed by atoms with Gasteiger partial charge in [0.05, 0.1) is 30.6 Å². The molecule has 2 aliphatic rings. The number of amides is 2. The minimum atomic E-state index is -0.533. The van der Waals surface area contributed by atoms with Crippen LogP contribution in [0.4, 0.5) is 20.6 Å². The standard InChI is InChI=1S/C23H29FN4O3S/c1-15(21-6-5-11-32-21)26-22-7-3-4-10-27(22)20-9-8-17(12-19(20)24)28-14-18(31-23(28)30)13-25-16(2)29/h5-6,8-9,11-12,15,18,22,26H,3-4,7,10,13-14H2,1-2H3,(H,25,29). The lowest BCUT2D eigenvalue weighted by Crippen LogP contribution is -2.49. The molecule has 2 aliphatic heterocycles. The predicted octanol–water partition coefficient (Wildman–Crippen LogP) is 4.02. The highest BCUT2D eigenvalue weighted by Gasteiger charge is 2.33. The molecule has 9 heteroatoms. The third-order valence-electron chi connectivity index (χ3n) is 5.92. The zero-order valence-electron chi connectivity index (χ0n) is 18.3. The molecule has 1 aromatic heterocycles. The second-order valence-electron chi connectivity index (χ2n) is 8.30. The van der Waals surface area contributed by atoms with E-state index in [4.69, 9.17) is 4.74 Å². The summed E-state index contributed by atoms with van der Waals surface area (Å²) in [4.78, 5) is 28.1. The Bertz CT molecular complexity index is 955. The summed E-state index contributed by atoms with van der Waals surface area (Å²) in [5, 5.41) is 8.36. The summed E-state index contributed by atoms with van der Waals surface area (Å²) in [5.41, 5.74) is 0.988. The van der Waals surface area contributed by atoms with Crippen LogP contribution < -0.4 is 20.4 Å². The highest BCUT2D eigenvalue weighted by molar-refractivity contribution is 7.10. The van der Waals surface area contributed by atoms with Crippen molar-refractivity contribution in [2.75, 3.05) is 29.4 Å². The van der Waals surface area contributed by atoms with E-state index in [0.29, 0.717) is 11.4 Å². The largest absolute Gasteiger partial charge is 0.442 e. The third-order valence-corrected chi connectivity index (χ3v) is 6.98. The molecule has 0 saturated carbocycles. The summed E-state index contributed by atoms with van der Waals surface area (Å²) in [6.07, 6.45) is 2.11. The van der Waals surface area contributed by atoms with Gasteiger partial charge in [-0.05, 0) is 55.8 Å². The highest BCUT2D eigenvalue weighted by Crippen LogP contribution is 2.32. The van der Waals surface area contributed by atoms with Crippen LogP contribution in [-0.4, -0.2) is 43.9 Å². The van der Waals surface area contributed by atoms with Crippen LogP contribution in [0.2, 0.25) is 0 Å². The molecule has 0 spiro atoms. The van der Waals surface area contributed by atoms with Crippen molar-refractivity contribution in [1.82, 2.24) is 10.6 Å². The Morgan fingerprint density at radius 2 is 2.19 bits per heavy atom. The van der Waals surface area contributed by atoms with Crippen LogP contribution in [0.15, 0.2) is 35.7 Å². The quantitative estimate of drug-likeness (QED) is 0.653. The molecule has 2 fully saturated rings. The first-order valence-electron chi connectivity index (χ1n) is 11.0. The topological polar surface area (TPSA) is 73.9 Å². The van der Waals surface area contributed by atoms with Crippen LogP contribution in [0.1, 0.15) is 44.0 Å². The Kier molecular flexibility index (Phi) is 6.95. The number of cyclic esters (lactones) is 1. The van der Waals surface area contributed by atoms with Gasteiger partial charge in [0.2, 0.25) is 5.91 Å². The molecule has 2 amide bonds. The van der Waals surface area contributed by atoms with Crippen LogP contribution >= 0.6 is 11.3 Å². The summed E-state index contributed by atoms with van der Waals surface area (Å²) in [6.45, 7) is 4.82. The number of hydrogen-bond acceptors (Lipinski definition) is 6. The number of piperidine rings is 1. The molecule has 3 heterocycles. The van der Waals surface area contributed by atoms with Crippen LogP contribution in [0.3, 0.4) is 0 Å². The average molecular weight is 461 g/mol. The molecule has 4 rings (SSSR count). The number of ether oxygens (including phenoxy) is 1. The maximum absolute atomic E-state index is 15.2. The molecule has 2 N–H and O–H groups in total. The van der Waals surface area contributed by atoms with Crippen molar-refractivity contribution in [2.45, 2.75) is 51.4 Å². The van der Waals surface area contributed by atoms with Crippen molar-refractivity contribution in [1.29, 1.82) is 0 Å². The number of nitrogens with zero attached hydrogens (tertiary/aromatic N) is 2. The third kappa shape index (κ3) is 5.05. The van der Waals surface area contributed by atoms with Gasteiger partial charge in [0.25, 0.3) is 0 Å². The fraction of sp³-hybridized carbons (Fsp3) is 0.478. The lowest BCUT2D eigenvalue weighted by atomic mass is 10.0. The second kappa shape index (κ2) is 9.87. The lowest BCUT2D eigenvalue weighted by molar-refractivity contribution is -0.119. The van der Waals surface area contributed by atoms with Crippen molar-refractivity contribution >= 4 is 34.7 Å². The molecule has 3 unspecified atom stereocenters. The van der Waals surface area contributed by atoms with E-state index in [1.165, 1.54) is 22.8 Å². The fourth-order valence-electron chi connectivity index (χ4n) is 4.29. The number of benzene rings is 1. The summed E-state index contributed by atoms with van der Waals surface area (Å²) < 4.78 is 20.5. The average Bonchev–Trinajstić information content (AvgIpc) is 3.43. The SMILES string of the molecule is CC(=O)NCC1CN(c2ccc(N3CCCCC3NC(C)c3cccs3)c(F)c2)C(=O)O1. The first-order chi connectivity index (χ1) is 15.4. The van der Waals surface area contributed by atoms with Gasteiger partial charge in [-0.2, -0.15) is 0 Å². The molecule has 32 heavy (non-hydrogen) atoms. The molecular weight excluding hydrogens is 431 g/mol. The number of thiophene rings is 1. The Morgan fingerprint density at radius 3 is 2.91 bits per heavy atom. The molecule has 3 atom stereocenters. The van der Waals surface area contributed by atoms with Crippen molar-refractivity contribution < 1.29 is 18.7 Å². The monoisotopic (exact) mass is 460 g/mol. The lowest BCUT2D eigenvalue weighted by Gasteiger charge is -2.39. The van der Waals surface area contributed by atoms with Crippen LogP contribution in [-0.2, 0) is 9.53 Å². The van der Waals surface area contributed by atoms with E-state index in [2.05, 4.69) is 33.9 Å². The molecule has 2 aromatic rings. The second-order valence-corrected chi connectivity index (χ2v) is 9.28. The first-order valence-corrected chi connectivity index (χ1v) is 11.9. The summed E-state index contributed by atoms with van der Waals surface area (Å²) in [5.74, 6) is -0.550. The minimum absolute atomic E-state index is 0.0417. The molecule has 172 valence electrons. The van der Waals surface area contributed by atoms with Gasteiger partial charge in [0.1, 0.15) is 11.9 Å². The number of anilines is 2. The molecule has 2 saturated heterocycles. The zero-order valence-corrected chi connectivity index (χ0v) is 19.2. The van der Waals surface area contributed by atoms with Crippen molar-refractivity contribution in [2.24, 2.45) is 0 Å². The zero-order chi connectivity index (χ0) is 22.7. The summed E-state index contributed by atoms with van der Waals surface area (Å²) in [7, 11) is 0. The summed E-state index contributed by atoms with van der Waals surface area (Å²) >= 11 is 1.71. The van der Waals surface area contributed by atoms with Crippen molar-refractivity contribution in [3.8, 4) is 0 Å². The Morgan fingerprint density at radius 1 is 1.34 bits per heavy atom. The molecule has 1 aromatic carbocycles. The molecular formula is C23H29FN4O3S. The van der Waals surface area contributed by atoms with Crippen LogP contribution in [0.25, 0.3) is 0 Å². The first kappa shape index (κ1) is 22.5. The maximum Gasteiger partial charge on any atom is 0.414 e. The van der Waals surface area contributed by atoms with Gasteiger partial charge in [-0.1, -0.05) is 6.07 Å². The number of halogens is 1. The van der Waals surface area contributed by atoms with E-state index < -0.39 is 12.2 Å². The van der Waals surface area contributed by atoms with Gasteiger partial charge >= 0.3 is 6.09 Å². The number of hydrogen-bond donors (Lipinski definition) is 2. The van der Waals surface area contributed by atoms with E-state index in [9.17, 15) is 9.59 Å². The minimum Gasteiger partial charge on any atom is -0.442 e.